The van der Waals surface area contributed by atoms with E-state index in [1.807, 2.05) is 0 Å². The Hall–Kier alpha value is -3.72. The van der Waals surface area contributed by atoms with Gasteiger partial charge in [0.15, 0.2) is 18.4 Å². The molecule has 1 unspecified atom stereocenters. The lowest BCUT2D eigenvalue weighted by molar-refractivity contribution is -0.145. The fourth-order valence-corrected chi connectivity index (χ4v) is 3.78. The van der Waals surface area contributed by atoms with Gasteiger partial charge in [-0.2, -0.15) is 0 Å². The molecule has 32 heavy (non-hydrogen) atoms. The topological polar surface area (TPSA) is 115 Å². The fourth-order valence-electron chi connectivity index (χ4n) is 2.85. The molecule has 0 saturated carbocycles. The van der Waals surface area contributed by atoms with E-state index in [2.05, 4.69) is 10.6 Å². The highest BCUT2D eigenvalue weighted by Gasteiger charge is 2.26. The number of esters is 1. The Morgan fingerprint density at radius 1 is 1.03 bits per heavy atom. The number of rotatable bonds is 10. The molecule has 0 spiro atoms. The molecular formula is C23H22N2O6S. The van der Waals surface area contributed by atoms with Crippen LogP contribution in [0.2, 0.25) is 0 Å². The number of carbonyl (C=O) groups excluding carboxylic acids is 4. The van der Waals surface area contributed by atoms with Gasteiger partial charge in [0.25, 0.3) is 5.91 Å². The standard InChI is InChI=1S/C23H22N2O6S/c1-15(26)24-12-11-17-9-10-20(32-17)18(27)14-31-23(29)21(16-6-3-2-4-7-16)25-22(28)19-8-5-13-30-19/h2-10,13,21H,11-12,14H2,1H3,(H,24,26)(H,25,28). The average Bonchev–Trinajstić information content (AvgIpc) is 3.48. The third-order valence-electron chi connectivity index (χ3n) is 4.42. The highest BCUT2D eigenvalue weighted by molar-refractivity contribution is 7.14. The number of benzene rings is 1. The van der Waals surface area contributed by atoms with Crippen LogP contribution < -0.4 is 10.6 Å². The van der Waals surface area contributed by atoms with Crippen molar-refractivity contribution >= 4 is 34.9 Å². The number of amides is 2. The first-order chi connectivity index (χ1) is 15.4. The van der Waals surface area contributed by atoms with E-state index < -0.39 is 24.5 Å². The van der Waals surface area contributed by atoms with Crippen molar-refractivity contribution in [2.45, 2.75) is 19.4 Å². The largest absolute Gasteiger partial charge is 0.459 e. The molecule has 0 aliphatic heterocycles. The van der Waals surface area contributed by atoms with Gasteiger partial charge in [0.2, 0.25) is 11.7 Å². The summed E-state index contributed by atoms with van der Waals surface area (Å²) in [5.41, 5.74) is 0.515. The first kappa shape index (κ1) is 23.0. The van der Waals surface area contributed by atoms with Gasteiger partial charge < -0.3 is 19.8 Å². The molecule has 3 aromatic rings. The van der Waals surface area contributed by atoms with E-state index in [9.17, 15) is 19.2 Å². The van der Waals surface area contributed by atoms with Crippen LogP contribution >= 0.6 is 11.3 Å². The lowest BCUT2D eigenvalue weighted by Crippen LogP contribution is -2.35. The number of ether oxygens (including phenoxy) is 1. The Morgan fingerprint density at radius 3 is 2.50 bits per heavy atom. The smallest absolute Gasteiger partial charge is 0.333 e. The van der Waals surface area contributed by atoms with Gasteiger partial charge in [-0.25, -0.2) is 4.79 Å². The second kappa shape index (κ2) is 11.1. The Labute approximate surface area is 188 Å². The second-order valence-corrected chi connectivity index (χ2v) is 7.99. The molecule has 0 aliphatic carbocycles. The SMILES string of the molecule is CC(=O)NCCc1ccc(C(=O)COC(=O)C(NC(=O)c2ccco2)c2ccccc2)s1. The first-order valence-corrected chi connectivity index (χ1v) is 10.7. The quantitative estimate of drug-likeness (QED) is 0.360. The maximum atomic E-state index is 12.7. The van der Waals surface area contributed by atoms with E-state index >= 15 is 0 Å². The molecule has 3 rings (SSSR count). The number of carbonyl (C=O) groups is 4. The summed E-state index contributed by atoms with van der Waals surface area (Å²) in [4.78, 5) is 49.9. The van der Waals surface area contributed by atoms with Crippen LogP contribution in [0.25, 0.3) is 0 Å². The predicted octanol–water partition coefficient (Wildman–Crippen LogP) is 2.92. The summed E-state index contributed by atoms with van der Waals surface area (Å²) >= 11 is 1.28. The molecule has 0 fully saturated rings. The van der Waals surface area contributed by atoms with Crippen molar-refractivity contribution < 1.29 is 28.3 Å². The van der Waals surface area contributed by atoms with E-state index in [4.69, 9.17) is 9.15 Å². The predicted molar refractivity (Wildman–Crippen MR) is 117 cm³/mol. The van der Waals surface area contributed by atoms with E-state index in [0.29, 0.717) is 23.4 Å². The number of hydrogen-bond acceptors (Lipinski definition) is 7. The number of nitrogens with one attached hydrogen (secondary N) is 2. The molecule has 9 heteroatoms. The highest BCUT2D eigenvalue weighted by atomic mass is 32.1. The van der Waals surface area contributed by atoms with Crippen molar-refractivity contribution in [2.24, 2.45) is 0 Å². The first-order valence-electron chi connectivity index (χ1n) is 9.86. The third-order valence-corrected chi connectivity index (χ3v) is 5.60. The molecule has 0 saturated heterocycles. The van der Waals surface area contributed by atoms with Crippen LogP contribution in [0.3, 0.4) is 0 Å². The van der Waals surface area contributed by atoms with Crippen LogP contribution in [0.5, 0.6) is 0 Å². The summed E-state index contributed by atoms with van der Waals surface area (Å²) in [6.45, 7) is 1.47. The Balaban J connectivity index is 1.61. The van der Waals surface area contributed by atoms with Crippen LogP contribution in [0.4, 0.5) is 0 Å². The van der Waals surface area contributed by atoms with Crippen LogP contribution in [0, 0.1) is 0 Å². The molecular weight excluding hydrogens is 432 g/mol. The number of hydrogen-bond donors (Lipinski definition) is 2. The van der Waals surface area contributed by atoms with Crippen molar-refractivity contribution in [1.29, 1.82) is 0 Å². The Morgan fingerprint density at radius 2 is 1.81 bits per heavy atom. The minimum atomic E-state index is -1.10. The molecule has 2 amide bonds. The molecule has 0 radical (unpaired) electrons. The van der Waals surface area contributed by atoms with Crippen molar-refractivity contribution in [2.75, 3.05) is 13.2 Å². The van der Waals surface area contributed by atoms with Gasteiger partial charge in [0, 0.05) is 18.3 Å². The van der Waals surface area contributed by atoms with Crippen LogP contribution in [-0.2, 0) is 20.7 Å². The summed E-state index contributed by atoms with van der Waals surface area (Å²) in [5, 5.41) is 5.28. The Kier molecular flexibility index (Phi) is 7.93. The molecule has 1 atom stereocenters. The van der Waals surface area contributed by atoms with E-state index in [0.717, 1.165) is 4.88 Å². The molecule has 2 aromatic heterocycles. The van der Waals surface area contributed by atoms with E-state index in [-0.39, 0.29) is 17.5 Å². The molecule has 2 N–H and O–H groups in total. The zero-order chi connectivity index (χ0) is 22.9. The molecule has 166 valence electrons. The van der Waals surface area contributed by atoms with Gasteiger partial charge >= 0.3 is 5.97 Å². The monoisotopic (exact) mass is 454 g/mol. The normalized spacial score (nSPS) is 11.4. The van der Waals surface area contributed by atoms with Gasteiger partial charge in [-0.15, -0.1) is 11.3 Å². The molecule has 0 bridgehead atoms. The highest BCUT2D eigenvalue weighted by Crippen LogP contribution is 2.19. The van der Waals surface area contributed by atoms with Gasteiger partial charge in [0.05, 0.1) is 11.1 Å². The third kappa shape index (κ3) is 6.39. The summed E-state index contributed by atoms with van der Waals surface area (Å²) in [6.07, 6.45) is 1.96. The number of Topliss-reactive ketones (excluding diaryl/α,β-unsaturated/α-hetero) is 1. The van der Waals surface area contributed by atoms with Gasteiger partial charge in [-0.05, 0) is 36.2 Å². The summed E-state index contributed by atoms with van der Waals surface area (Å²) in [5.74, 6) is -1.74. The zero-order valence-electron chi connectivity index (χ0n) is 17.3. The van der Waals surface area contributed by atoms with Crippen molar-refractivity contribution in [3.05, 3.63) is 81.9 Å². The van der Waals surface area contributed by atoms with E-state index in [1.165, 1.54) is 30.6 Å². The van der Waals surface area contributed by atoms with E-state index in [1.54, 1.807) is 48.5 Å². The summed E-state index contributed by atoms with van der Waals surface area (Å²) in [6, 6.07) is 14.0. The lowest BCUT2D eigenvalue weighted by Gasteiger charge is -2.17. The minimum absolute atomic E-state index is 0.0557. The summed E-state index contributed by atoms with van der Waals surface area (Å²) in [7, 11) is 0. The molecule has 1 aromatic carbocycles. The van der Waals surface area contributed by atoms with Gasteiger partial charge in [0.1, 0.15) is 0 Å². The zero-order valence-corrected chi connectivity index (χ0v) is 18.1. The fraction of sp³-hybridized carbons (Fsp3) is 0.217. The average molecular weight is 455 g/mol. The molecule has 0 aliphatic rings. The number of thiophene rings is 1. The second-order valence-electron chi connectivity index (χ2n) is 6.82. The van der Waals surface area contributed by atoms with Crippen molar-refractivity contribution in [3.8, 4) is 0 Å². The van der Waals surface area contributed by atoms with Gasteiger partial charge in [-0.3, -0.25) is 14.4 Å². The lowest BCUT2D eigenvalue weighted by atomic mass is 10.1. The minimum Gasteiger partial charge on any atom is -0.459 e. The van der Waals surface area contributed by atoms with Crippen LogP contribution in [0.1, 0.15) is 43.6 Å². The number of furan rings is 1. The van der Waals surface area contributed by atoms with Gasteiger partial charge in [-0.1, -0.05) is 30.3 Å². The molecule has 8 nitrogen and oxygen atoms in total. The van der Waals surface area contributed by atoms with Crippen LogP contribution in [-0.4, -0.2) is 36.7 Å². The van der Waals surface area contributed by atoms with Crippen molar-refractivity contribution in [3.63, 3.8) is 0 Å². The molecule has 2 heterocycles. The van der Waals surface area contributed by atoms with Crippen LogP contribution in [0.15, 0.2) is 65.3 Å². The maximum absolute atomic E-state index is 12.7. The number of ketones is 1. The van der Waals surface area contributed by atoms with Crippen molar-refractivity contribution in [1.82, 2.24) is 10.6 Å². The summed E-state index contributed by atoms with van der Waals surface area (Å²) < 4.78 is 10.3. The Bertz CT molecular complexity index is 1080. The maximum Gasteiger partial charge on any atom is 0.333 e.